The summed E-state index contributed by atoms with van der Waals surface area (Å²) in [5.41, 5.74) is 4.08. The first-order valence-corrected chi connectivity index (χ1v) is 7.66. The molecule has 4 rings (SSSR count). The monoisotopic (exact) mass is 353 g/mol. The second-order valence-corrected chi connectivity index (χ2v) is 5.92. The van der Waals surface area contributed by atoms with Gasteiger partial charge in [-0.1, -0.05) is 45.4 Å². The second-order valence-electron chi connectivity index (χ2n) is 5.06. The standard InChI is InChI=1S/C16H12BrN5/c17-14-4-2-1-3-12(14)9-22-10-16(20-21-22)11-5-6-15-13(7-11)8-18-19-15/h1-8,10H,9H2,(H,18,19). The molecule has 0 unspecified atom stereocenters. The zero-order valence-electron chi connectivity index (χ0n) is 11.6. The number of nitrogens with zero attached hydrogens (tertiary/aromatic N) is 4. The first kappa shape index (κ1) is 13.2. The first-order chi connectivity index (χ1) is 10.8. The van der Waals surface area contributed by atoms with Crippen molar-refractivity contribution in [3.63, 3.8) is 0 Å². The average Bonchev–Trinajstić information content (AvgIpc) is 3.17. The van der Waals surface area contributed by atoms with E-state index in [1.165, 1.54) is 5.56 Å². The number of hydrogen-bond acceptors (Lipinski definition) is 3. The maximum absolute atomic E-state index is 4.27. The summed E-state index contributed by atoms with van der Waals surface area (Å²) in [5.74, 6) is 0. The number of H-pyrrole nitrogens is 1. The van der Waals surface area contributed by atoms with E-state index in [0.717, 1.165) is 26.6 Å². The molecule has 1 N–H and O–H groups in total. The summed E-state index contributed by atoms with van der Waals surface area (Å²) < 4.78 is 2.92. The van der Waals surface area contributed by atoms with Crippen molar-refractivity contribution in [2.45, 2.75) is 6.54 Å². The van der Waals surface area contributed by atoms with Gasteiger partial charge in [-0.2, -0.15) is 5.10 Å². The van der Waals surface area contributed by atoms with Crippen molar-refractivity contribution in [3.05, 3.63) is 64.9 Å². The van der Waals surface area contributed by atoms with Crippen LogP contribution in [0.1, 0.15) is 5.56 Å². The molecular weight excluding hydrogens is 342 g/mol. The lowest BCUT2D eigenvalue weighted by Crippen LogP contribution is -2.00. The largest absolute Gasteiger partial charge is 0.278 e. The lowest BCUT2D eigenvalue weighted by Gasteiger charge is -2.03. The minimum absolute atomic E-state index is 0.683. The van der Waals surface area contributed by atoms with E-state index in [4.69, 9.17) is 0 Å². The average molecular weight is 354 g/mol. The molecule has 0 aliphatic rings. The molecule has 6 heteroatoms. The molecule has 108 valence electrons. The minimum Gasteiger partial charge on any atom is -0.278 e. The van der Waals surface area contributed by atoms with Gasteiger partial charge in [0.25, 0.3) is 0 Å². The Balaban J connectivity index is 1.64. The number of nitrogens with one attached hydrogen (secondary N) is 1. The van der Waals surface area contributed by atoms with Gasteiger partial charge < -0.3 is 0 Å². The van der Waals surface area contributed by atoms with Gasteiger partial charge in [0.2, 0.25) is 0 Å². The summed E-state index contributed by atoms with van der Waals surface area (Å²) in [6.45, 7) is 0.683. The Kier molecular flexibility index (Phi) is 3.23. The van der Waals surface area contributed by atoms with Crippen LogP contribution in [0, 0.1) is 0 Å². The van der Waals surface area contributed by atoms with Crippen molar-refractivity contribution in [1.82, 2.24) is 25.2 Å². The Bertz CT molecular complexity index is 940. The molecule has 2 aromatic heterocycles. The van der Waals surface area contributed by atoms with Crippen molar-refractivity contribution in [2.75, 3.05) is 0 Å². The molecule has 0 saturated heterocycles. The van der Waals surface area contributed by atoms with Crippen molar-refractivity contribution >= 4 is 26.8 Å². The Morgan fingerprint density at radius 3 is 2.95 bits per heavy atom. The summed E-state index contributed by atoms with van der Waals surface area (Å²) in [7, 11) is 0. The molecule has 0 saturated carbocycles. The van der Waals surface area contributed by atoms with E-state index >= 15 is 0 Å². The molecule has 4 aromatic rings. The lowest BCUT2D eigenvalue weighted by molar-refractivity contribution is 0.648. The minimum atomic E-state index is 0.683. The Labute approximate surface area is 135 Å². The van der Waals surface area contributed by atoms with E-state index in [9.17, 15) is 0 Å². The molecule has 0 atom stereocenters. The molecule has 0 radical (unpaired) electrons. The molecule has 0 bridgehead atoms. The van der Waals surface area contributed by atoms with Crippen molar-refractivity contribution in [1.29, 1.82) is 0 Å². The van der Waals surface area contributed by atoms with Crippen LogP contribution in [-0.2, 0) is 6.54 Å². The number of benzene rings is 2. The van der Waals surface area contributed by atoms with E-state index in [1.807, 2.05) is 47.4 Å². The summed E-state index contributed by atoms with van der Waals surface area (Å²) >= 11 is 3.56. The number of aromatic amines is 1. The predicted octanol–water partition coefficient (Wildman–Crippen LogP) is 3.63. The van der Waals surface area contributed by atoms with Gasteiger partial charge in [-0.15, -0.1) is 5.10 Å². The topological polar surface area (TPSA) is 59.4 Å². The highest BCUT2D eigenvalue weighted by Gasteiger charge is 2.07. The van der Waals surface area contributed by atoms with E-state index in [-0.39, 0.29) is 0 Å². The highest BCUT2D eigenvalue weighted by atomic mass is 79.9. The van der Waals surface area contributed by atoms with Crippen LogP contribution in [0.2, 0.25) is 0 Å². The molecule has 0 spiro atoms. The van der Waals surface area contributed by atoms with Gasteiger partial charge in [-0.3, -0.25) is 5.10 Å². The van der Waals surface area contributed by atoms with Crippen LogP contribution < -0.4 is 0 Å². The number of aromatic nitrogens is 5. The SMILES string of the molecule is Brc1ccccc1Cn1cc(-c2ccc3[nH]ncc3c2)nn1. The summed E-state index contributed by atoms with van der Waals surface area (Å²) in [5, 5.41) is 16.5. The number of rotatable bonds is 3. The number of hydrogen-bond donors (Lipinski definition) is 1. The van der Waals surface area contributed by atoms with Crippen LogP contribution >= 0.6 is 15.9 Å². The third kappa shape index (κ3) is 2.42. The molecule has 0 aliphatic carbocycles. The maximum atomic E-state index is 4.27. The Morgan fingerprint density at radius 2 is 2.05 bits per heavy atom. The van der Waals surface area contributed by atoms with Crippen LogP contribution in [0.3, 0.4) is 0 Å². The molecular formula is C16H12BrN5. The molecule has 5 nitrogen and oxygen atoms in total. The lowest BCUT2D eigenvalue weighted by atomic mass is 10.1. The van der Waals surface area contributed by atoms with Gasteiger partial charge >= 0.3 is 0 Å². The zero-order valence-corrected chi connectivity index (χ0v) is 13.2. The van der Waals surface area contributed by atoms with Crippen LogP contribution in [0.25, 0.3) is 22.2 Å². The molecule has 0 amide bonds. The van der Waals surface area contributed by atoms with Crippen LogP contribution in [-0.4, -0.2) is 25.2 Å². The number of halogens is 1. The van der Waals surface area contributed by atoms with Crippen molar-refractivity contribution in [2.24, 2.45) is 0 Å². The molecule has 0 aliphatic heterocycles. The zero-order chi connectivity index (χ0) is 14.9. The third-order valence-electron chi connectivity index (χ3n) is 3.56. The van der Waals surface area contributed by atoms with E-state index < -0.39 is 0 Å². The fraction of sp³-hybridized carbons (Fsp3) is 0.0625. The normalized spacial score (nSPS) is 11.1. The smallest absolute Gasteiger partial charge is 0.113 e. The Hall–Kier alpha value is -2.47. The van der Waals surface area contributed by atoms with Crippen molar-refractivity contribution < 1.29 is 0 Å². The maximum Gasteiger partial charge on any atom is 0.113 e. The van der Waals surface area contributed by atoms with Gasteiger partial charge in [0.15, 0.2) is 0 Å². The van der Waals surface area contributed by atoms with E-state index in [1.54, 1.807) is 0 Å². The van der Waals surface area contributed by atoms with Crippen molar-refractivity contribution in [3.8, 4) is 11.3 Å². The van der Waals surface area contributed by atoms with E-state index in [0.29, 0.717) is 6.54 Å². The predicted molar refractivity (Wildman–Crippen MR) is 88.4 cm³/mol. The molecule has 22 heavy (non-hydrogen) atoms. The van der Waals surface area contributed by atoms with Gasteiger partial charge in [0.05, 0.1) is 24.5 Å². The van der Waals surface area contributed by atoms with E-state index in [2.05, 4.69) is 48.6 Å². The highest BCUT2D eigenvalue weighted by Crippen LogP contribution is 2.22. The van der Waals surface area contributed by atoms with Crippen LogP contribution in [0.5, 0.6) is 0 Å². The quantitative estimate of drug-likeness (QED) is 0.611. The fourth-order valence-electron chi connectivity index (χ4n) is 2.41. The molecule has 0 fully saturated rings. The fourth-order valence-corrected chi connectivity index (χ4v) is 2.82. The van der Waals surface area contributed by atoms with Crippen LogP contribution in [0.4, 0.5) is 0 Å². The summed E-state index contributed by atoms with van der Waals surface area (Å²) in [4.78, 5) is 0. The summed E-state index contributed by atoms with van der Waals surface area (Å²) in [6, 6.07) is 14.2. The van der Waals surface area contributed by atoms with Gasteiger partial charge in [-0.05, 0) is 23.8 Å². The first-order valence-electron chi connectivity index (χ1n) is 6.87. The van der Waals surface area contributed by atoms with Gasteiger partial charge in [0.1, 0.15) is 5.69 Å². The Morgan fingerprint density at radius 1 is 1.14 bits per heavy atom. The van der Waals surface area contributed by atoms with Crippen LogP contribution in [0.15, 0.2) is 59.3 Å². The van der Waals surface area contributed by atoms with Gasteiger partial charge in [-0.25, -0.2) is 4.68 Å². The highest BCUT2D eigenvalue weighted by molar-refractivity contribution is 9.10. The summed E-state index contributed by atoms with van der Waals surface area (Å²) in [6.07, 6.45) is 3.77. The van der Waals surface area contributed by atoms with Gasteiger partial charge in [0, 0.05) is 15.4 Å². The third-order valence-corrected chi connectivity index (χ3v) is 4.34. The molecule has 2 heterocycles. The second kappa shape index (κ2) is 5.38. The number of fused-ring (bicyclic) bond motifs is 1. The molecule has 2 aromatic carbocycles.